The average Bonchev–Trinajstić information content (AvgIpc) is 2.67. The van der Waals surface area contributed by atoms with Gasteiger partial charge in [-0.05, 0) is 78.4 Å². The normalized spacial score (nSPS) is 10.6. The van der Waals surface area contributed by atoms with Crippen molar-refractivity contribution in [3.05, 3.63) is 89.0 Å². The van der Waals surface area contributed by atoms with Crippen LogP contribution >= 0.6 is 23.2 Å². The molecule has 28 heavy (non-hydrogen) atoms. The highest BCUT2D eigenvalue weighted by Gasteiger charge is 2.18. The van der Waals surface area contributed by atoms with Crippen LogP contribution in [0.15, 0.2) is 66.7 Å². The Morgan fingerprint density at radius 3 is 2.00 bits per heavy atom. The van der Waals surface area contributed by atoms with Gasteiger partial charge in [-0.2, -0.15) is 0 Å². The molecule has 0 heterocycles. The number of hydrogen-bond donors (Lipinski definition) is 0. The van der Waals surface area contributed by atoms with Crippen molar-refractivity contribution in [1.29, 1.82) is 0 Å². The Morgan fingerprint density at radius 2 is 1.46 bits per heavy atom. The highest BCUT2D eigenvalue weighted by molar-refractivity contribution is 6.66. The lowest BCUT2D eigenvalue weighted by atomic mass is 10.1. The number of anilines is 1. The van der Waals surface area contributed by atoms with Crippen molar-refractivity contribution in [1.82, 2.24) is 0 Å². The monoisotopic (exact) mass is 413 g/mol. The molecule has 0 N–H and O–H groups in total. The molecule has 0 atom stereocenters. The van der Waals surface area contributed by atoms with Gasteiger partial charge >= 0.3 is 5.37 Å². The zero-order valence-corrected chi connectivity index (χ0v) is 17.3. The van der Waals surface area contributed by atoms with Gasteiger partial charge in [0.05, 0.1) is 5.69 Å². The largest absolute Gasteiger partial charge is 0.457 e. The Morgan fingerprint density at radius 1 is 0.893 bits per heavy atom. The summed E-state index contributed by atoms with van der Waals surface area (Å²) in [6.07, 6.45) is 0.884. The number of halogens is 2. The van der Waals surface area contributed by atoms with E-state index in [1.165, 1.54) is 16.0 Å². The number of amides is 1. The van der Waals surface area contributed by atoms with E-state index in [2.05, 4.69) is 24.3 Å². The molecule has 0 bridgehead atoms. The lowest BCUT2D eigenvalue weighted by molar-refractivity contribution is 0.265. The van der Waals surface area contributed by atoms with Crippen molar-refractivity contribution in [2.75, 3.05) is 10.9 Å². The molecule has 1 amide bonds. The second kappa shape index (κ2) is 9.13. The van der Waals surface area contributed by atoms with Crippen molar-refractivity contribution in [2.24, 2.45) is 0 Å². The molecule has 0 aromatic heterocycles. The molecule has 0 aliphatic heterocycles. The van der Waals surface area contributed by atoms with Crippen LogP contribution in [0, 0.1) is 13.8 Å². The first-order valence-electron chi connectivity index (χ1n) is 8.93. The first-order valence-corrected chi connectivity index (χ1v) is 9.84. The SMILES string of the molecule is Cc1cc(Oc2ccc(Cc3ccccc3)cc2)cc(C)c1N(CCl)C(=O)Cl. The number of carbonyl (C=O) groups excluding carboxylic acids is 1. The lowest BCUT2D eigenvalue weighted by Gasteiger charge is -2.22. The Balaban J connectivity index is 1.76. The maximum absolute atomic E-state index is 11.6. The van der Waals surface area contributed by atoms with Gasteiger partial charge in [-0.3, -0.25) is 9.69 Å². The number of rotatable bonds is 6. The predicted octanol–water partition coefficient (Wildman–Crippen LogP) is 7.05. The molecule has 3 aromatic carbocycles. The molecule has 5 heteroatoms. The zero-order chi connectivity index (χ0) is 20.1. The summed E-state index contributed by atoms with van der Waals surface area (Å²) in [7, 11) is 0. The minimum Gasteiger partial charge on any atom is -0.457 e. The molecule has 0 fully saturated rings. The summed E-state index contributed by atoms with van der Waals surface area (Å²) in [5, 5.41) is -0.608. The van der Waals surface area contributed by atoms with Gasteiger partial charge < -0.3 is 4.74 Å². The summed E-state index contributed by atoms with van der Waals surface area (Å²) in [5.41, 5.74) is 4.94. The van der Waals surface area contributed by atoms with E-state index in [1.54, 1.807) is 0 Å². The summed E-state index contributed by atoms with van der Waals surface area (Å²) in [4.78, 5) is 12.9. The summed E-state index contributed by atoms with van der Waals surface area (Å²) in [5.74, 6) is 1.46. The van der Waals surface area contributed by atoms with Gasteiger partial charge in [0.15, 0.2) is 0 Å². The standard InChI is InChI=1S/C23H21Cl2NO2/c1-16-12-21(13-17(2)22(16)26(15-24)23(25)27)28-20-10-8-19(9-11-20)14-18-6-4-3-5-7-18/h3-13H,14-15H2,1-2H3. The van der Waals surface area contributed by atoms with Gasteiger partial charge in [-0.1, -0.05) is 42.5 Å². The van der Waals surface area contributed by atoms with Crippen molar-refractivity contribution < 1.29 is 9.53 Å². The molecule has 0 spiro atoms. The van der Waals surface area contributed by atoms with Crippen LogP contribution in [-0.2, 0) is 6.42 Å². The van der Waals surface area contributed by atoms with Crippen LogP contribution < -0.4 is 9.64 Å². The molecule has 0 saturated heterocycles. The van der Waals surface area contributed by atoms with E-state index in [1.807, 2.05) is 56.3 Å². The number of nitrogens with zero attached hydrogens (tertiary/aromatic N) is 1. The molecular formula is C23H21Cl2NO2. The van der Waals surface area contributed by atoms with Gasteiger partial charge in [0, 0.05) is 0 Å². The molecule has 0 unspecified atom stereocenters. The maximum Gasteiger partial charge on any atom is 0.321 e. The van der Waals surface area contributed by atoms with E-state index in [0.717, 1.165) is 23.3 Å². The molecule has 3 nitrogen and oxygen atoms in total. The summed E-state index contributed by atoms with van der Waals surface area (Å²) in [6.45, 7) is 3.80. The molecule has 3 rings (SSSR count). The lowest BCUT2D eigenvalue weighted by Crippen LogP contribution is -2.25. The van der Waals surface area contributed by atoms with Crippen molar-refractivity contribution in [2.45, 2.75) is 20.3 Å². The van der Waals surface area contributed by atoms with Gasteiger partial charge in [-0.25, -0.2) is 0 Å². The highest BCUT2D eigenvalue weighted by atomic mass is 35.5. The Kier molecular flexibility index (Phi) is 6.61. The van der Waals surface area contributed by atoms with E-state index in [0.29, 0.717) is 11.4 Å². The quantitative estimate of drug-likeness (QED) is 0.246. The van der Waals surface area contributed by atoms with Crippen LogP contribution in [0.5, 0.6) is 11.5 Å². The fourth-order valence-electron chi connectivity index (χ4n) is 3.24. The fraction of sp³-hybridized carbons (Fsp3) is 0.174. The van der Waals surface area contributed by atoms with Gasteiger partial charge in [-0.15, -0.1) is 11.6 Å². The van der Waals surface area contributed by atoms with E-state index in [4.69, 9.17) is 27.9 Å². The van der Waals surface area contributed by atoms with Crippen LogP contribution in [0.1, 0.15) is 22.3 Å². The molecule has 144 valence electrons. The van der Waals surface area contributed by atoms with Crippen molar-refractivity contribution in [3.8, 4) is 11.5 Å². The summed E-state index contributed by atoms with van der Waals surface area (Å²) in [6, 6.07) is 22.1. The average molecular weight is 414 g/mol. The van der Waals surface area contributed by atoms with Gasteiger partial charge in [0.1, 0.15) is 17.5 Å². The third kappa shape index (κ3) is 4.86. The fourth-order valence-corrected chi connectivity index (χ4v) is 3.67. The second-order valence-electron chi connectivity index (χ2n) is 6.61. The second-order valence-corrected chi connectivity index (χ2v) is 7.18. The zero-order valence-electron chi connectivity index (χ0n) is 15.8. The number of ether oxygens (including phenoxy) is 1. The summed E-state index contributed by atoms with van der Waals surface area (Å²) >= 11 is 11.5. The number of hydrogen-bond acceptors (Lipinski definition) is 2. The minimum atomic E-state index is -0.608. The van der Waals surface area contributed by atoms with E-state index in [9.17, 15) is 4.79 Å². The minimum absolute atomic E-state index is 0.00685. The van der Waals surface area contributed by atoms with E-state index >= 15 is 0 Å². The topological polar surface area (TPSA) is 29.5 Å². The maximum atomic E-state index is 11.6. The Labute approximate surface area is 175 Å². The first-order chi connectivity index (χ1) is 13.5. The van der Waals surface area contributed by atoms with Crippen LogP contribution in [-0.4, -0.2) is 11.4 Å². The van der Waals surface area contributed by atoms with Crippen LogP contribution in [0.2, 0.25) is 0 Å². The third-order valence-electron chi connectivity index (χ3n) is 4.48. The number of benzene rings is 3. The van der Waals surface area contributed by atoms with Gasteiger partial charge in [0.25, 0.3) is 0 Å². The smallest absolute Gasteiger partial charge is 0.321 e. The third-order valence-corrected chi connectivity index (χ3v) is 4.92. The Hall–Kier alpha value is -2.49. The molecule has 0 radical (unpaired) electrons. The number of aryl methyl sites for hydroxylation is 2. The van der Waals surface area contributed by atoms with Crippen molar-refractivity contribution >= 4 is 34.3 Å². The highest BCUT2D eigenvalue weighted by Crippen LogP contribution is 2.33. The van der Waals surface area contributed by atoms with Gasteiger partial charge in [0.2, 0.25) is 0 Å². The molecule has 0 aliphatic rings. The van der Waals surface area contributed by atoms with E-state index in [-0.39, 0.29) is 6.00 Å². The first kappa shape index (κ1) is 20.2. The van der Waals surface area contributed by atoms with Crippen molar-refractivity contribution in [3.63, 3.8) is 0 Å². The van der Waals surface area contributed by atoms with Crippen LogP contribution in [0.25, 0.3) is 0 Å². The predicted molar refractivity (Wildman–Crippen MR) is 116 cm³/mol. The molecule has 0 aliphatic carbocycles. The number of carbonyl (C=O) groups is 1. The molecule has 3 aromatic rings. The molecular weight excluding hydrogens is 393 g/mol. The molecule has 0 saturated carbocycles. The van der Waals surface area contributed by atoms with Crippen LogP contribution in [0.3, 0.4) is 0 Å². The summed E-state index contributed by atoms with van der Waals surface area (Å²) < 4.78 is 6.00. The van der Waals surface area contributed by atoms with E-state index < -0.39 is 5.37 Å². The Bertz CT molecular complexity index is 933. The van der Waals surface area contributed by atoms with Crippen LogP contribution in [0.4, 0.5) is 10.5 Å². The number of alkyl halides is 1.